The topological polar surface area (TPSA) is 99.3 Å². The third-order valence-corrected chi connectivity index (χ3v) is 6.02. The van der Waals surface area contributed by atoms with Crippen molar-refractivity contribution in [2.45, 2.75) is 37.7 Å². The maximum atomic E-state index is 13.3. The first-order valence-corrected chi connectivity index (χ1v) is 11.3. The molecule has 1 N–H and O–H groups in total. The molecule has 4 rings (SSSR count). The molecule has 1 amide bonds. The van der Waals surface area contributed by atoms with Crippen LogP contribution in [0.1, 0.15) is 35.7 Å². The molecule has 37 heavy (non-hydrogen) atoms. The van der Waals surface area contributed by atoms with Gasteiger partial charge in [0.25, 0.3) is 5.69 Å². The highest BCUT2D eigenvalue weighted by Gasteiger charge is 2.42. The number of nitrogens with one attached hydrogen (secondary N) is 1. The van der Waals surface area contributed by atoms with E-state index in [9.17, 15) is 41.3 Å². The second kappa shape index (κ2) is 9.68. The molecule has 2 aromatic carbocycles. The number of rotatable bonds is 7. The van der Waals surface area contributed by atoms with Gasteiger partial charge in [0.2, 0.25) is 5.91 Å². The summed E-state index contributed by atoms with van der Waals surface area (Å²) in [6, 6.07) is 6.86. The molecule has 0 aliphatic heterocycles. The average molecular weight is 593 g/mol. The number of aromatic nitrogens is 2. The normalized spacial score (nSPS) is 13.9. The van der Waals surface area contributed by atoms with Gasteiger partial charge >= 0.3 is 12.4 Å². The van der Waals surface area contributed by atoms with E-state index in [1.165, 1.54) is 6.07 Å². The van der Waals surface area contributed by atoms with Crippen LogP contribution in [-0.2, 0) is 23.7 Å². The summed E-state index contributed by atoms with van der Waals surface area (Å²) < 4.78 is 84.8. The molecule has 1 fully saturated rings. The Labute approximate surface area is 212 Å². The first kappa shape index (κ1) is 26.4. The number of halogens is 7. The molecule has 1 saturated carbocycles. The van der Waals surface area contributed by atoms with Crippen LogP contribution in [-0.4, -0.2) is 20.6 Å². The minimum Gasteiger partial charge on any atom is -0.457 e. The number of nitrogens with zero attached hydrogens (tertiary/aromatic N) is 3. The van der Waals surface area contributed by atoms with Crippen LogP contribution in [0.3, 0.4) is 0 Å². The fraction of sp³-hybridized carbons (Fsp3) is 0.273. The third kappa shape index (κ3) is 6.21. The number of benzene rings is 2. The molecule has 0 radical (unpaired) electrons. The molecule has 0 bridgehead atoms. The van der Waals surface area contributed by atoms with Crippen molar-refractivity contribution in [3.05, 3.63) is 74.0 Å². The molecule has 3 aromatic rings. The van der Waals surface area contributed by atoms with Crippen molar-refractivity contribution < 1.29 is 40.8 Å². The summed E-state index contributed by atoms with van der Waals surface area (Å²) >= 11 is 2.92. The quantitative estimate of drug-likeness (QED) is 0.183. The number of carbonyl (C=O) groups is 1. The lowest BCUT2D eigenvalue weighted by atomic mass is 10.2. The van der Waals surface area contributed by atoms with Gasteiger partial charge in [0, 0.05) is 18.1 Å². The molecule has 1 aromatic heterocycles. The van der Waals surface area contributed by atoms with Crippen molar-refractivity contribution in [2.75, 3.05) is 5.32 Å². The number of non-ortho nitro benzene ring substituents is 1. The summed E-state index contributed by atoms with van der Waals surface area (Å²) in [5, 5.41) is 17.2. The van der Waals surface area contributed by atoms with E-state index < -0.39 is 46.7 Å². The fourth-order valence-electron chi connectivity index (χ4n) is 3.53. The number of hydrogen-bond acceptors (Lipinski definition) is 5. The Hall–Kier alpha value is -3.62. The monoisotopic (exact) mass is 592 g/mol. The van der Waals surface area contributed by atoms with Gasteiger partial charge in [-0.3, -0.25) is 19.6 Å². The molecular weight excluding hydrogens is 578 g/mol. The Bertz CT molecular complexity index is 1370. The lowest BCUT2D eigenvalue weighted by Crippen LogP contribution is -2.21. The van der Waals surface area contributed by atoms with Crippen LogP contribution in [0.15, 0.2) is 46.9 Å². The molecule has 1 aliphatic rings. The van der Waals surface area contributed by atoms with Crippen molar-refractivity contribution in [3.8, 4) is 11.5 Å². The predicted octanol–water partition coefficient (Wildman–Crippen LogP) is 6.90. The zero-order chi connectivity index (χ0) is 27.1. The third-order valence-electron chi connectivity index (χ3n) is 5.24. The van der Waals surface area contributed by atoms with Crippen LogP contribution in [0.2, 0.25) is 0 Å². The molecule has 0 saturated heterocycles. The summed E-state index contributed by atoms with van der Waals surface area (Å²) in [5.74, 6) is -1.54. The van der Waals surface area contributed by atoms with Gasteiger partial charge in [0.15, 0.2) is 5.69 Å². The van der Waals surface area contributed by atoms with Crippen LogP contribution >= 0.6 is 15.9 Å². The van der Waals surface area contributed by atoms with Crippen LogP contribution in [0, 0.1) is 10.1 Å². The number of alkyl halides is 6. The van der Waals surface area contributed by atoms with Crippen LogP contribution in [0.4, 0.5) is 37.7 Å². The standard InChI is InChI=1S/C22H15BrF6N4O4/c23-18-19(11-4-5-11)32(31-20(18)22(27,28)29)10-17(34)30-13-7-14(33(35)36)9-16(8-13)37-15-3-1-2-12(6-15)21(24,25)26/h1-3,6-9,11H,4-5,10H2,(H,30,34). The number of nitro benzene ring substituents is 1. The molecule has 0 atom stereocenters. The number of carbonyl (C=O) groups excluding carboxylic acids is 1. The summed E-state index contributed by atoms with van der Waals surface area (Å²) in [4.78, 5) is 23.2. The first-order valence-electron chi connectivity index (χ1n) is 10.5. The first-order chi connectivity index (χ1) is 17.2. The van der Waals surface area contributed by atoms with Crippen molar-refractivity contribution in [2.24, 2.45) is 0 Å². The van der Waals surface area contributed by atoms with Gasteiger partial charge < -0.3 is 10.1 Å². The van der Waals surface area contributed by atoms with Gasteiger partial charge in [-0.05, 0) is 47.0 Å². The lowest BCUT2D eigenvalue weighted by molar-refractivity contribution is -0.384. The minimum absolute atomic E-state index is 0.156. The van der Waals surface area contributed by atoms with E-state index in [0.717, 1.165) is 35.0 Å². The summed E-state index contributed by atoms with van der Waals surface area (Å²) in [6.45, 7) is -0.618. The largest absolute Gasteiger partial charge is 0.457 e. The lowest BCUT2D eigenvalue weighted by Gasteiger charge is -2.12. The van der Waals surface area contributed by atoms with E-state index in [2.05, 4.69) is 26.3 Å². The van der Waals surface area contributed by atoms with E-state index in [0.29, 0.717) is 18.9 Å². The van der Waals surface area contributed by atoms with Gasteiger partial charge in [-0.2, -0.15) is 31.4 Å². The van der Waals surface area contributed by atoms with Crippen molar-refractivity contribution in [1.82, 2.24) is 9.78 Å². The van der Waals surface area contributed by atoms with Crippen LogP contribution < -0.4 is 10.1 Å². The Morgan fingerprint density at radius 2 is 1.81 bits per heavy atom. The number of amides is 1. The summed E-state index contributed by atoms with van der Waals surface area (Å²) in [5.41, 5.74) is -2.65. The second-order valence-electron chi connectivity index (χ2n) is 8.13. The molecule has 1 heterocycles. The minimum atomic E-state index is -4.75. The average Bonchev–Trinajstić information content (AvgIpc) is 3.55. The highest BCUT2D eigenvalue weighted by molar-refractivity contribution is 9.10. The highest BCUT2D eigenvalue weighted by atomic mass is 79.9. The van der Waals surface area contributed by atoms with Gasteiger partial charge in [0.1, 0.15) is 18.0 Å². The van der Waals surface area contributed by atoms with Crippen LogP contribution in [0.5, 0.6) is 11.5 Å². The number of anilines is 1. The number of nitro groups is 1. The maximum Gasteiger partial charge on any atom is 0.436 e. The van der Waals surface area contributed by atoms with E-state index in [4.69, 9.17) is 4.74 Å². The van der Waals surface area contributed by atoms with Gasteiger partial charge in [-0.25, -0.2) is 0 Å². The summed E-state index contributed by atoms with van der Waals surface area (Å²) in [7, 11) is 0. The molecule has 0 unspecified atom stereocenters. The van der Waals surface area contributed by atoms with E-state index in [1.54, 1.807) is 0 Å². The molecular formula is C22H15BrF6N4O4. The van der Waals surface area contributed by atoms with Crippen molar-refractivity contribution >= 4 is 33.2 Å². The van der Waals surface area contributed by atoms with Crippen LogP contribution in [0.25, 0.3) is 0 Å². The molecule has 15 heteroatoms. The smallest absolute Gasteiger partial charge is 0.436 e. The number of ether oxygens (including phenoxy) is 1. The van der Waals surface area contributed by atoms with Gasteiger partial charge in [-0.15, -0.1) is 0 Å². The zero-order valence-corrected chi connectivity index (χ0v) is 19.9. The molecule has 1 aliphatic carbocycles. The van der Waals surface area contributed by atoms with Gasteiger partial charge in [0.05, 0.1) is 32.4 Å². The molecule has 196 valence electrons. The Balaban J connectivity index is 1.58. The van der Waals surface area contributed by atoms with E-state index >= 15 is 0 Å². The highest BCUT2D eigenvalue weighted by Crippen LogP contribution is 2.47. The Morgan fingerprint density at radius 1 is 1.11 bits per heavy atom. The predicted molar refractivity (Wildman–Crippen MR) is 120 cm³/mol. The maximum absolute atomic E-state index is 13.3. The van der Waals surface area contributed by atoms with Crippen molar-refractivity contribution in [1.29, 1.82) is 0 Å². The van der Waals surface area contributed by atoms with Crippen molar-refractivity contribution in [3.63, 3.8) is 0 Å². The zero-order valence-electron chi connectivity index (χ0n) is 18.4. The van der Waals surface area contributed by atoms with Gasteiger partial charge in [-0.1, -0.05) is 6.07 Å². The Morgan fingerprint density at radius 3 is 2.41 bits per heavy atom. The fourth-order valence-corrected chi connectivity index (χ4v) is 4.36. The second-order valence-corrected chi connectivity index (χ2v) is 8.92. The molecule has 8 nitrogen and oxygen atoms in total. The number of hydrogen-bond donors (Lipinski definition) is 1. The van der Waals surface area contributed by atoms with E-state index in [1.807, 2.05) is 0 Å². The Kier molecular flexibility index (Phi) is 6.92. The summed E-state index contributed by atoms with van der Waals surface area (Å²) in [6.07, 6.45) is -8.14. The van der Waals surface area contributed by atoms with E-state index in [-0.39, 0.29) is 33.3 Å². The molecule has 0 spiro atoms. The SMILES string of the molecule is O=C(Cn1nc(C(F)(F)F)c(Br)c1C1CC1)Nc1cc(Oc2cccc(C(F)(F)F)c2)cc([N+](=O)[O-])c1.